The summed E-state index contributed by atoms with van der Waals surface area (Å²) in [6, 6.07) is 0.108. The zero-order valence-corrected chi connectivity index (χ0v) is 7.68. The predicted molar refractivity (Wildman–Crippen MR) is 49.8 cm³/mol. The van der Waals surface area contributed by atoms with Gasteiger partial charge >= 0.3 is 0 Å². The van der Waals surface area contributed by atoms with Crippen molar-refractivity contribution in [3.8, 4) is 0 Å². The first-order valence-corrected chi connectivity index (χ1v) is 4.51. The molecule has 0 aliphatic heterocycles. The molecule has 0 bridgehead atoms. The molecule has 12 heavy (non-hydrogen) atoms. The van der Waals surface area contributed by atoms with E-state index >= 15 is 0 Å². The van der Waals surface area contributed by atoms with Gasteiger partial charge in [0.05, 0.1) is 0 Å². The molecule has 2 heteroatoms. The van der Waals surface area contributed by atoms with Crippen molar-refractivity contribution in [3.05, 3.63) is 12.2 Å². The first-order chi connectivity index (χ1) is 5.59. The van der Waals surface area contributed by atoms with E-state index in [4.69, 9.17) is 5.73 Å². The molecule has 0 aromatic heterocycles. The SMILES string of the molecule is C=C(C)CC(=O)CC(N)C1CC1. The number of ketones is 1. The minimum atomic E-state index is 0.108. The maximum absolute atomic E-state index is 11.3. The fourth-order valence-electron chi connectivity index (χ4n) is 1.36. The van der Waals surface area contributed by atoms with Crippen LogP contribution in [0.25, 0.3) is 0 Å². The Bertz CT molecular complexity index is 194. The predicted octanol–water partition coefficient (Wildman–Crippen LogP) is 1.65. The van der Waals surface area contributed by atoms with Gasteiger partial charge in [0.15, 0.2) is 0 Å². The van der Waals surface area contributed by atoms with Gasteiger partial charge < -0.3 is 5.73 Å². The molecule has 2 nitrogen and oxygen atoms in total. The van der Waals surface area contributed by atoms with E-state index < -0.39 is 0 Å². The summed E-state index contributed by atoms with van der Waals surface area (Å²) in [5.74, 6) is 0.862. The first-order valence-electron chi connectivity index (χ1n) is 4.51. The molecule has 0 aromatic carbocycles. The summed E-state index contributed by atoms with van der Waals surface area (Å²) in [7, 11) is 0. The van der Waals surface area contributed by atoms with Crippen molar-refractivity contribution < 1.29 is 4.79 Å². The van der Waals surface area contributed by atoms with Gasteiger partial charge in [-0.05, 0) is 25.7 Å². The van der Waals surface area contributed by atoms with E-state index in [1.807, 2.05) is 6.92 Å². The Morgan fingerprint density at radius 2 is 2.25 bits per heavy atom. The maximum Gasteiger partial charge on any atom is 0.138 e. The van der Waals surface area contributed by atoms with E-state index in [0.29, 0.717) is 18.8 Å². The van der Waals surface area contributed by atoms with E-state index in [-0.39, 0.29) is 11.8 Å². The summed E-state index contributed by atoms with van der Waals surface area (Å²) >= 11 is 0. The second kappa shape index (κ2) is 3.85. The quantitative estimate of drug-likeness (QED) is 0.633. The molecular weight excluding hydrogens is 150 g/mol. The minimum absolute atomic E-state index is 0.108. The second-order valence-corrected chi connectivity index (χ2v) is 3.88. The van der Waals surface area contributed by atoms with E-state index in [1.54, 1.807) is 0 Å². The number of rotatable bonds is 5. The van der Waals surface area contributed by atoms with Gasteiger partial charge in [-0.25, -0.2) is 0 Å². The van der Waals surface area contributed by atoms with Crippen LogP contribution in [0.3, 0.4) is 0 Å². The smallest absolute Gasteiger partial charge is 0.138 e. The normalized spacial score (nSPS) is 18.8. The molecule has 0 radical (unpaired) electrons. The highest BCUT2D eigenvalue weighted by Crippen LogP contribution is 2.33. The van der Waals surface area contributed by atoms with Gasteiger partial charge in [-0.15, -0.1) is 0 Å². The van der Waals surface area contributed by atoms with Crippen LogP contribution in [-0.4, -0.2) is 11.8 Å². The molecule has 1 unspecified atom stereocenters. The summed E-state index contributed by atoms with van der Waals surface area (Å²) in [5.41, 5.74) is 6.74. The Morgan fingerprint density at radius 3 is 2.67 bits per heavy atom. The van der Waals surface area contributed by atoms with Gasteiger partial charge in [-0.2, -0.15) is 0 Å². The largest absolute Gasteiger partial charge is 0.327 e. The van der Waals surface area contributed by atoms with Crippen molar-refractivity contribution in [2.75, 3.05) is 0 Å². The molecule has 0 spiro atoms. The van der Waals surface area contributed by atoms with Crippen LogP contribution in [0.1, 0.15) is 32.6 Å². The lowest BCUT2D eigenvalue weighted by molar-refractivity contribution is -0.118. The Kier molecular flexibility index (Phi) is 3.04. The highest BCUT2D eigenvalue weighted by atomic mass is 16.1. The molecule has 0 saturated heterocycles. The molecule has 68 valence electrons. The third kappa shape index (κ3) is 3.18. The Balaban J connectivity index is 2.20. The molecule has 2 N–H and O–H groups in total. The van der Waals surface area contributed by atoms with Crippen LogP contribution in [0, 0.1) is 5.92 Å². The van der Waals surface area contributed by atoms with Crippen LogP contribution >= 0.6 is 0 Å². The summed E-state index contributed by atoms with van der Waals surface area (Å²) in [6.45, 7) is 5.58. The van der Waals surface area contributed by atoms with Crippen LogP contribution in [0.15, 0.2) is 12.2 Å². The van der Waals surface area contributed by atoms with E-state index in [9.17, 15) is 4.79 Å². The number of hydrogen-bond acceptors (Lipinski definition) is 2. The third-order valence-corrected chi connectivity index (χ3v) is 2.19. The van der Waals surface area contributed by atoms with E-state index in [0.717, 1.165) is 5.57 Å². The van der Waals surface area contributed by atoms with Crippen molar-refractivity contribution in [2.24, 2.45) is 11.7 Å². The maximum atomic E-state index is 11.3. The summed E-state index contributed by atoms with van der Waals surface area (Å²) in [6.07, 6.45) is 3.46. The highest BCUT2D eigenvalue weighted by molar-refractivity contribution is 5.81. The third-order valence-electron chi connectivity index (χ3n) is 2.19. The molecule has 1 fully saturated rings. The molecule has 0 aromatic rings. The molecule has 0 amide bonds. The van der Waals surface area contributed by atoms with Gasteiger partial charge in [0.1, 0.15) is 5.78 Å². The number of allylic oxidation sites excluding steroid dienone is 1. The van der Waals surface area contributed by atoms with Gasteiger partial charge in [0, 0.05) is 18.9 Å². The van der Waals surface area contributed by atoms with Crippen LogP contribution in [0.2, 0.25) is 0 Å². The van der Waals surface area contributed by atoms with Crippen molar-refractivity contribution in [2.45, 2.75) is 38.6 Å². The average molecular weight is 167 g/mol. The molecule has 1 rings (SSSR count). The lowest BCUT2D eigenvalue weighted by Gasteiger charge is -2.08. The molecule has 1 aliphatic rings. The zero-order chi connectivity index (χ0) is 9.14. The van der Waals surface area contributed by atoms with E-state index in [2.05, 4.69) is 6.58 Å². The Morgan fingerprint density at radius 1 is 1.67 bits per heavy atom. The summed E-state index contributed by atoms with van der Waals surface area (Å²) < 4.78 is 0. The fraction of sp³-hybridized carbons (Fsp3) is 0.700. The number of carbonyl (C=O) groups excluding carboxylic acids is 1. The number of nitrogens with two attached hydrogens (primary N) is 1. The Hall–Kier alpha value is -0.630. The van der Waals surface area contributed by atoms with Gasteiger partial charge in [0.2, 0.25) is 0 Å². The average Bonchev–Trinajstić information content (AvgIpc) is 2.63. The summed E-state index contributed by atoms with van der Waals surface area (Å²) in [4.78, 5) is 11.3. The second-order valence-electron chi connectivity index (χ2n) is 3.88. The molecule has 0 heterocycles. The topological polar surface area (TPSA) is 43.1 Å². The van der Waals surface area contributed by atoms with Crippen LogP contribution in [-0.2, 0) is 4.79 Å². The Labute approximate surface area is 73.8 Å². The van der Waals surface area contributed by atoms with Crippen molar-refractivity contribution in [3.63, 3.8) is 0 Å². The molecular formula is C10H17NO. The fourth-order valence-corrected chi connectivity index (χ4v) is 1.36. The zero-order valence-electron chi connectivity index (χ0n) is 7.68. The van der Waals surface area contributed by atoms with Gasteiger partial charge in [0.25, 0.3) is 0 Å². The van der Waals surface area contributed by atoms with Crippen LogP contribution < -0.4 is 5.73 Å². The van der Waals surface area contributed by atoms with Gasteiger partial charge in [-0.1, -0.05) is 12.2 Å². The van der Waals surface area contributed by atoms with E-state index in [1.165, 1.54) is 12.8 Å². The lowest BCUT2D eigenvalue weighted by atomic mass is 10.0. The van der Waals surface area contributed by atoms with Crippen molar-refractivity contribution in [1.82, 2.24) is 0 Å². The van der Waals surface area contributed by atoms with Crippen molar-refractivity contribution >= 4 is 5.78 Å². The minimum Gasteiger partial charge on any atom is -0.327 e. The van der Waals surface area contributed by atoms with Crippen LogP contribution in [0.5, 0.6) is 0 Å². The monoisotopic (exact) mass is 167 g/mol. The van der Waals surface area contributed by atoms with Crippen LogP contribution in [0.4, 0.5) is 0 Å². The standard InChI is InChI=1S/C10H17NO/c1-7(2)5-9(12)6-10(11)8-3-4-8/h8,10H,1,3-6,11H2,2H3. The molecule has 1 aliphatic carbocycles. The number of carbonyl (C=O) groups is 1. The number of Topliss-reactive ketones (excluding diaryl/α,β-unsaturated/α-hetero) is 1. The lowest BCUT2D eigenvalue weighted by Crippen LogP contribution is -2.25. The number of hydrogen-bond donors (Lipinski definition) is 1. The summed E-state index contributed by atoms with van der Waals surface area (Å²) in [5, 5.41) is 0. The first kappa shape index (κ1) is 9.46. The molecule has 1 atom stereocenters. The molecule has 1 saturated carbocycles. The highest BCUT2D eigenvalue weighted by Gasteiger charge is 2.29. The van der Waals surface area contributed by atoms with Gasteiger partial charge in [-0.3, -0.25) is 4.79 Å². The van der Waals surface area contributed by atoms with Crippen molar-refractivity contribution in [1.29, 1.82) is 0 Å².